The van der Waals surface area contributed by atoms with Crippen LogP contribution in [0.4, 0.5) is 11.4 Å². The molecule has 0 radical (unpaired) electrons. The first kappa shape index (κ1) is 13.3. The van der Waals surface area contributed by atoms with Gasteiger partial charge in [0, 0.05) is 11.8 Å². The van der Waals surface area contributed by atoms with Gasteiger partial charge in [-0.3, -0.25) is 10.1 Å². The molecule has 7 heteroatoms. The van der Waals surface area contributed by atoms with Crippen molar-refractivity contribution in [1.29, 1.82) is 0 Å². The normalized spacial score (nSPS) is 10.2. The van der Waals surface area contributed by atoms with Gasteiger partial charge in [0.2, 0.25) is 5.75 Å². The molecule has 102 valence electrons. The van der Waals surface area contributed by atoms with Crippen molar-refractivity contribution in [3.8, 4) is 16.9 Å². The number of nitrogens with two attached hydrogens (primary N) is 1. The van der Waals surface area contributed by atoms with E-state index in [0.717, 1.165) is 6.07 Å². The molecule has 0 atom stereocenters. The fraction of sp³-hybridized carbons (Fsp3) is 0. The van der Waals surface area contributed by atoms with Crippen LogP contribution in [0.5, 0.6) is 5.75 Å². The minimum absolute atomic E-state index is 0.312. The van der Waals surface area contributed by atoms with Gasteiger partial charge in [-0.2, -0.15) is 0 Å². The van der Waals surface area contributed by atoms with Gasteiger partial charge in [0.1, 0.15) is 5.56 Å². The van der Waals surface area contributed by atoms with E-state index in [1.165, 1.54) is 6.07 Å². The maximum Gasteiger partial charge on any atom is 0.339 e. The van der Waals surface area contributed by atoms with Crippen molar-refractivity contribution in [2.45, 2.75) is 0 Å². The number of hydrogen-bond donors (Lipinski definition) is 3. The summed E-state index contributed by atoms with van der Waals surface area (Å²) in [5.74, 6) is -2.30. The van der Waals surface area contributed by atoms with Crippen LogP contribution in [-0.4, -0.2) is 21.1 Å². The molecule has 2 aromatic carbocycles. The Labute approximate surface area is 113 Å². The molecule has 0 saturated heterocycles. The maximum atomic E-state index is 11.0. The zero-order valence-electron chi connectivity index (χ0n) is 10.1. The number of benzene rings is 2. The number of hydrogen-bond acceptors (Lipinski definition) is 5. The molecule has 2 rings (SSSR count). The first-order chi connectivity index (χ1) is 9.40. The fourth-order valence-corrected chi connectivity index (χ4v) is 1.76. The summed E-state index contributed by atoms with van der Waals surface area (Å²) >= 11 is 0. The highest BCUT2D eigenvalue weighted by Gasteiger charge is 2.23. The minimum atomic E-state index is -1.44. The zero-order chi connectivity index (χ0) is 14.9. The number of carbonyl (C=O) groups is 1. The Bertz CT molecular complexity index is 659. The Balaban J connectivity index is 2.68. The van der Waals surface area contributed by atoms with Crippen LogP contribution in [0.3, 0.4) is 0 Å². The Hall–Kier alpha value is -3.09. The summed E-state index contributed by atoms with van der Waals surface area (Å²) in [6, 6.07) is 8.69. The molecule has 0 fully saturated rings. The summed E-state index contributed by atoms with van der Waals surface area (Å²) in [5, 5.41) is 29.5. The van der Waals surface area contributed by atoms with E-state index in [4.69, 9.17) is 10.8 Å². The number of aromatic hydroxyl groups is 1. The molecule has 4 N–H and O–H groups in total. The van der Waals surface area contributed by atoms with Gasteiger partial charge in [-0.1, -0.05) is 12.1 Å². The number of aromatic carboxylic acids is 1. The van der Waals surface area contributed by atoms with Gasteiger partial charge in [0.05, 0.1) is 4.92 Å². The molecule has 0 aliphatic rings. The highest BCUT2D eigenvalue weighted by atomic mass is 16.6. The van der Waals surface area contributed by atoms with E-state index < -0.39 is 27.9 Å². The molecule has 7 nitrogen and oxygen atoms in total. The number of nitro benzene ring substituents is 1. The molecular formula is C13H10N2O5. The molecule has 0 heterocycles. The summed E-state index contributed by atoms with van der Waals surface area (Å²) in [6.07, 6.45) is 0. The topological polar surface area (TPSA) is 127 Å². The molecule has 0 unspecified atom stereocenters. The lowest BCUT2D eigenvalue weighted by Gasteiger charge is -2.06. The van der Waals surface area contributed by atoms with Crippen LogP contribution in [0.25, 0.3) is 11.1 Å². The molecule has 0 aliphatic carbocycles. The Morgan fingerprint density at radius 3 is 2.25 bits per heavy atom. The standard InChI is InChI=1S/C13H10N2O5/c14-9-3-1-7(2-4-9)8-5-10(13(17)18)12(16)11(6-8)15(19)20/h1-6,16H,14H2,(H,17,18). The summed E-state index contributed by atoms with van der Waals surface area (Å²) in [5.41, 5.74) is 5.75. The van der Waals surface area contributed by atoms with Crippen molar-refractivity contribution in [1.82, 2.24) is 0 Å². The van der Waals surface area contributed by atoms with Crippen LogP contribution in [0, 0.1) is 10.1 Å². The Kier molecular flexibility index (Phi) is 3.26. The predicted octanol–water partition coefficient (Wildman–Crippen LogP) is 2.25. The quantitative estimate of drug-likeness (QED) is 0.447. The maximum absolute atomic E-state index is 11.0. The van der Waals surface area contributed by atoms with Crippen LogP contribution < -0.4 is 5.73 Å². The van der Waals surface area contributed by atoms with E-state index in [0.29, 0.717) is 16.8 Å². The van der Waals surface area contributed by atoms with Crippen molar-refractivity contribution in [3.63, 3.8) is 0 Å². The van der Waals surface area contributed by atoms with Crippen molar-refractivity contribution < 1.29 is 19.9 Å². The highest BCUT2D eigenvalue weighted by molar-refractivity contribution is 5.94. The van der Waals surface area contributed by atoms with Gasteiger partial charge in [0.15, 0.2) is 0 Å². The second-order valence-corrected chi connectivity index (χ2v) is 4.08. The van der Waals surface area contributed by atoms with Gasteiger partial charge < -0.3 is 15.9 Å². The monoisotopic (exact) mass is 274 g/mol. The second-order valence-electron chi connectivity index (χ2n) is 4.08. The smallest absolute Gasteiger partial charge is 0.339 e. The lowest BCUT2D eigenvalue weighted by atomic mass is 10.0. The number of anilines is 1. The number of phenols is 1. The average Bonchev–Trinajstić information content (AvgIpc) is 2.39. The lowest BCUT2D eigenvalue weighted by Crippen LogP contribution is -2.00. The van der Waals surface area contributed by atoms with Crippen LogP contribution in [0.15, 0.2) is 36.4 Å². The summed E-state index contributed by atoms with van der Waals surface area (Å²) in [6.45, 7) is 0. The van der Waals surface area contributed by atoms with Gasteiger partial charge >= 0.3 is 11.7 Å². The third-order valence-corrected chi connectivity index (χ3v) is 2.76. The number of nitro groups is 1. The van der Waals surface area contributed by atoms with Crippen molar-refractivity contribution in [3.05, 3.63) is 52.1 Å². The predicted molar refractivity (Wildman–Crippen MR) is 71.6 cm³/mol. The molecule has 20 heavy (non-hydrogen) atoms. The van der Waals surface area contributed by atoms with E-state index in [1.54, 1.807) is 24.3 Å². The highest BCUT2D eigenvalue weighted by Crippen LogP contribution is 2.35. The molecule has 0 saturated carbocycles. The summed E-state index contributed by atoms with van der Waals surface area (Å²) < 4.78 is 0. The SMILES string of the molecule is Nc1ccc(-c2cc(C(=O)O)c(O)c([N+](=O)[O-])c2)cc1. The van der Waals surface area contributed by atoms with Crippen LogP contribution in [0.2, 0.25) is 0 Å². The summed E-state index contributed by atoms with van der Waals surface area (Å²) in [7, 11) is 0. The van der Waals surface area contributed by atoms with E-state index in [1.807, 2.05) is 0 Å². The molecule has 0 bridgehead atoms. The van der Waals surface area contributed by atoms with E-state index in [2.05, 4.69) is 0 Å². The van der Waals surface area contributed by atoms with Gasteiger partial charge in [-0.05, 0) is 29.3 Å². The van der Waals surface area contributed by atoms with Crippen LogP contribution in [-0.2, 0) is 0 Å². The fourth-order valence-electron chi connectivity index (χ4n) is 1.76. The number of nitrogens with zero attached hydrogens (tertiary/aromatic N) is 1. The number of nitrogen functional groups attached to an aromatic ring is 1. The lowest BCUT2D eigenvalue weighted by molar-refractivity contribution is -0.385. The molecule has 0 amide bonds. The average molecular weight is 274 g/mol. The van der Waals surface area contributed by atoms with Crippen molar-refractivity contribution in [2.75, 3.05) is 5.73 Å². The first-order valence-corrected chi connectivity index (χ1v) is 5.50. The molecular weight excluding hydrogens is 264 g/mol. The minimum Gasteiger partial charge on any atom is -0.501 e. The van der Waals surface area contributed by atoms with E-state index in [-0.39, 0.29) is 0 Å². The summed E-state index contributed by atoms with van der Waals surface area (Å²) in [4.78, 5) is 21.1. The van der Waals surface area contributed by atoms with E-state index in [9.17, 15) is 20.0 Å². The second kappa shape index (κ2) is 4.88. The zero-order valence-corrected chi connectivity index (χ0v) is 10.1. The third-order valence-electron chi connectivity index (χ3n) is 2.76. The van der Waals surface area contributed by atoms with Crippen LogP contribution >= 0.6 is 0 Å². The Morgan fingerprint density at radius 1 is 1.15 bits per heavy atom. The molecule has 0 aromatic heterocycles. The Morgan fingerprint density at radius 2 is 1.75 bits per heavy atom. The van der Waals surface area contributed by atoms with Gasteiger partial charge in [0.25, 0.3) is 0 Å². The molecule has 2 aromatic rings. The van der Waals surface area contributed by atoms with E-state index >= 15 is 0 Å². The first-order valence-electron chi connectivity index (χ1n) is 5.50. The molecule has 0 aliphatic heterocycles. The van der Waals surface area contributed by atoms with Crippen molar-refractivity contribution >= 4 is 17.3 Å². The van der Waals surface area contributed by atoms with Gasteiger partial charge in [-0.25, -0.2) is 4.79 Å². The van der Waals surface area contributed by atoms with Crippen molar-refractivity contribution in [2.24, 2.45) is 0 Å². The number of carboxylic acids is 1. The van der Waals surface area contributed by atoms with Gasteiger partial charge in [-0.15, -0.1) is 0 Å². The number of carboxylic acid groups (broad SMARTS) is 1. The largest absolute Gasteiger partial charge is 0.501 e. The third kappa shape index (κ3) is 2.37. The molecule has 0 spiro atoms. The van der Waals surface area contributed by atoms with Crippen LogP contribution in [0.1, 0.15) is 10.4 Å². The number of rotatable bonds is 3.